The molecule has 2 aromatic heterocycles. The number of hydrogen-bond acceptors (Lipinski definition) is 6. The number of anilines is 1. The molecule has 4 rings (SSSR count). The summed E-state index contributed by atoms with van der Waals surface area (Å²) in [6.45, 7) is 0. The Balaban J connectivity index is 1.97. The monoisotopic (exact) mass is 356 g/mol. The maximum absolute atomic E-state index is 15.4. The molecule has 0 saturated carbocycles. The maximum Gasteiger partial charge on any atom is 0.182 e. The van der Waals surface area contributed by atoms with Gasteiger partial charge in [0.2, 0.25) is 0 Å². The van der Waals surface area contributed by atoms with Crippen molar-refractivity contribution in [3.63, 3.8) is 0 Å². The SMILES string of the molecule is CNc1nc(-c2cnccn2)nc2c(F)c(-c3cccc(C#N)c3)ccc12. The number of nitrogens with zero attached hydrogens (tertiary/aromatic N) is 5. The number of hydrogen-bond donors (Lipinski definition) is 1. The van der Waals surface area contributed by atoms with Gasteiger partial charge in [0, 0.05) is 30.4 Å². The van der Waals surface area contributed by atoms with Crippen LogP contribution >= 0.6 is 0 Å². The Morgan fingerprint density at radius 1 is 1.11 bits per heavy atom. The van der Waals surface area contributed by atoms with Crippen LogP contribution in [0.3, 0.4) is 0 Å². The molecular weight excluding hydrogens is 343 g/mol. The van der Waals surface area contributed by atoms with Crippen LogP contribution < -0.4 is 5.32 Å². The third-order valence-electron chi connectivity index (χ3n) is 4.14. The van der Waals surface area contributed by atoms with Crippen LogP contribution in [0.15, 0.2) is 55.0 Å². The normalized spacial score (nSPS) is 10.6. The number of aromatic nitrogens is 4. The van der Waals surface area contributed by atoms with Gasteiger partial charge in [0.1, 0.15) is 17.0 Å². The van der Waals surface area contributed by atoms with Crippen LogP contribution in [0.25, 0.3) is 33.5 Å². The third kappa shape index (κ3) is 2.93. The summed E-state index contributed by atoms with van der Waals surface area (Å²) in [6, 6.07) is 12.3. The maximum atomic E-state index is 15.4. The van der Waals surface area contributed by atoms with Gasteiger partial charge in [-0.25, -0.2) is 19.3 Å². The molecule has 2 heterocycles. The molecule has 0 atom stereocenters. The van der Waals surface area contributed by atoms with E-state index in [9.17, 15) is 0 Å². The van der Waals surface area contributed by atoms with Gasteiger partial charge in [-0.05, 0) is 23.8 Å². The van der Waals surface area contributed by atoms with E-state index in [1.807, 2.05) is 0 Å². The molecular formula is C20H13FN6. The Bertz CT molecular complexity index is 1180. The van der Waals surface area contributed by atoms with Crippen molar-refractivity contribution in [3.05, 3.63) is 66.4 Å². The summed E-state index contributed by atoms with van der Waals surface area (Å²) >= 11 is 0. The van der Waals surface area contributed by atoms with Crippen molar-refractivity contribution in [2.24, 2.45) is 0 Å². The van der Waals surface area contributed by atoms with Crippen LogP contribution in [0.4, 0.5) is 10.2 Å². The Kier molecular flexibility index (Phi) is 4.15. The summed E-state index contributed by atoms with van der Waals surface area (Å²) in [6.07, 6.45) is 4.60. The number of benzene rings is 2. The summed E-state index contributed by atoms with van der Waals surface area (Å²) in [4.78, 5) is 17.0. The van der Waals surface area contributed by atoms with E-state index < -0.39 is 5.82 Å². The van der Waals surface area contributed by atoms with Gasteiger partial charge in [0.05, 0.1) is 17.8 Å². The summed E-state index contributed by atoms with van der Waals surface area (Å²) < 4.78 is 15.4. The molecule has 0 saturated heterocycles. The molecule has 27 heavy (non-hydrogen) atoms. The number of fused-ring (bicyclic) bond motifs is 1. The molecule has 0 aliphatic carbocycles. The molecule has 130 valence electrons. The van der Waals surface area contributed by atoms with E-state index in [-0.39, 0.29) is 11.3 Å². The van der Waals surface area contributed by atoms with Crippen molar-refractivity contribution in [2.45, 2.75) is 0 Å². The minimum Gasteiger partial charge on any atom is -0.373 e. The zero-order valence-electron chi connectivity index (χ0n) is 14.3. The quantitative estimate of drug-likeness (QED) is 0.601. The van der Waals surface area contributed by atoms with Crippen LogP contribution in [0, 0.1) is 17.1 Å². The molecule has 0 unspecified atom stereocenters. The van der Waals surface area contributed by atoms with Crippen molar-refractivity contribution in [1.82, 2.24) is 19.9 Å². The summed E-state index contributed by atoms with van der Waals surface area (Å²) in [5.74, 6) is 0.297. The Hall–Kier alpha value is -3.92. The van der Waals surface area contributed by atoms with Crippen LogP contribution in [0.2, 0.25) is 0 Å². The molecule has 6 nitrogen and oxygen atoms in total. The summed E-state index contributed by atoms with van der Waals surface area (Å²) in [5, 5.41) is 12.6. The topological polar surface area (TPSA) is 87.4 Å². The standard InChI is InChI=1S/C20H13FN6/c1-23-19-15-6-5-14(13-4-2-3-12(9-13)10-22)17(21)18(15)26-20(27-19)16-11-24-7-8-25-16/h2-9,11H,1H3,(H,23,26,27). The van der Waals surface area contributed by atoms with Gasteiger partial charge in [0.15, 0.2) is 11.6 Å². The Labute approximate surface area is 154 Å². The van der Waals surface area contributed by atoms with E-state index in [4.69, 9.17) is 5.26 Å². The summed E-state index contributed by atoms with van der Waals surface area (Å²) in [5.41, 5.74) is 2.07. The van der Waals surface area contributed by atoms with Gasteiger partial charge in [-0.3, -0.25) is 4.98 Å². The lowest BCUT2D eigenvalue weighted by Crippen LogP contribution is -2.02. The number of nitrogens with one attached hydrogen (secondary N) is 1. The first-order valence-electron chi connectivity index (χ1n) is 8.16. The zero-order valence-corrected chi connectivity index (χ0v) is 14.3. The van der Waals surface area contributed by atoms with E-state index >= 15 is 4.39 Å². The second-order valence-electron chi connectivity index (χ2n) is 5.75. The second-order valence-corrected chi connectivity index (χ2v) is 5.75. The Morgan fingerprint density at radius 3 is 2.74 bits per heavy atom. The molecule has 2 aromatic carbocycles. The molecule has 0 aliphatic rings. The van der Waals surface area contributed by atoms with E-state index in [0.29, 0.717) is 33.6 Å². The first-order valence-corrected chi connectivity index (χ1v) is 8.16. The van der Waals surface area contributed by atoms with Crippen LogP contribution in [0.5, 0.6) is 0 Å². The second kappa shape index (κ2) is 6.77. The number of halogens is 1. The molecule has 4 aromatic rings. The van der Waals surface area contributed by atoms with Crippen molar-refractivity contribution < 1.29 is 4.39 Å². The molecule has 0 fully saturated rings. The average molecular weight is 356 g/mol. The fourth-order valence-corrected chi connectivity index (χ4v) is 2.86. The van der Waals surface area contributed by atoms with Crippen LogP contribution in [-0.2, 0) is 0 Å². The highest BCUT2D eigenvalue weighted by Crippen LogP contribution is 2.32. The number of rotatable bonds is 3. The minimum atomic E-state index is -0.480. The van der Waals surface area contributed by atoms with E-state index in [1.54, 1.807) is 49.6 Å². The molecule has 0 spiro atoms. The largest absolute Gasteiger partial charge is 0.373 e. The molecule has 0 aliphatic heterocycles. The molecule has 7 heteroatoms. The highest BCUT2D eigenvalue weighted by atomic mass is 19.1. The van der Waals surface area contributed by atoms with Gasteiger partial charge in [0.25, 0.3) is 0 Å². The van der Waals surface area contributed by atoms with Crippen molar-refractivity contribution >= 4 is 16.7 Å². The predicted molar refractivity (Wildman–Crippen MR) is 100 cm³/mol. The molecule has 0 bridgehead atoms. The van der Waals surface area contributed by atoms with E-state index in [1.165, 1.54) is 12.4 Å². The van der Waals surface area contributed by atoms with Gasteiger partial charge < -0.3 is 5.32 Å². The third-order valence-corrected chi connectivity index (χ3v) is 4.14. The highest BCUT2D eigenvalue weighted by molar-refractivity contribution is 5.94. The minimum absolute atomic E-state index is 0.176. The molecule has 0 amide bonds. The van der Waals surface area contributed by atoms with Gasteiger partial charge in [-0.2, -0.15) is 5.26 Å². The lowest BCUT2D eigenvalue weighted by molar-refractivity contribution is 0.640. The van der Waals surface area contributed by atoms with Gasteiger partial charge >= 0.3 is 0 Å². The van der Waals surface area contributed by atoms with Gasteiger partial charge in [-0.1, -0.05) is 18.2 Å². The Morgan fingerprint density at radius 2 is 2.00 bits per heavy atom. The van der Waals surface area contributed by atoms with E-state index in [2.05, 4.69) is 31.3 Å². The number of nitriles is 1. The molecule has 0 radical (unpaired) electrons. The first-order chi connectivity index (χ1) is 13.2. The smallest absolute Gasteiger partial charge is 0.182 e. The average Bonchev–Trinajstić information content (AvgIpc) is 2.74. The predicted octanol–water partition coefficient (Wildman–Crippen LogP) is 3.81. The summed E-state index contributed by atoms with van der Waals surface area (Å²) in [7, 11) is 1.71. The fourth-order valence-electron chi connectivity index (χ4n) is 2.86. The van der Waals surface area contributed by atoms with Crippen molar-refractivity contribution in [1.29, 1.82) is 5.26 Å². The molecule has 1 N–H and O–H groups in total. The van der Waals surface area contributed by atoms with Gasteiger partial charge in [-0.15, -0.1) is 0 Å². The fraction of sp³-hybridized carbons (Fsp3) is 0.0500. The van der Waals surface area contributed by atoms with Crippen LogP contribution in [0.1, 0.15) is 5.56 Å². The highest BCUT2D eigenvalue weighted by Gasteiger charge is 2.16. The first kappa shape index (κ1) is 16.5. The van der Waals surface area contributed by atoms with Crippen molar-refractivity contribution in [2.75, 3.05) is 12.4 Å². The van der Waals surface area contributed by atoms with Crippen molar-refractivity contribution in [3.8, 4) is 28.7 Å². The lowest BCUT2D eigenvalue weighted by atomic mass is 10.0. The lowest BCUT2D eigenvalue weighted by Gasteiger charge is -2.11. The van der Waals surface area contributed by atoms with E-state index in [0.717, 1.165) is 0 Å². The zero-order chi connectivity index (χ0) is 18.8. The van der Waals surface area contributed by atoms with Crippen LogP contribution in [-0.4, -0.2) is 27.0 Å².